The van der Waals surface area contributed by atoms with Crippen LogP contribution in [0.4, 0.5) is 0 Å². The van der Waals surface area contributed by atoms with Gasteiger partial charge < -0.3 is 9.95 Å². The molecule has 0 spiro atoms. The van der Waals surface area contributed by atoms with Crippen LogP contribution in [0.15, 0.2) is 23.4 Å². The third-order valence-electron chi connectivity index (χ3n) is 1.93. The summed E-state index contributed by atoms with van der Waals surface area (Å²) >= 11 is 0. The minimum atomic E-state index is 0.657. The second kappa shape index (κ2) is 3.91. The van der Waals surface area contributed by atoms with Crippen molar-refractivity contribution in [2.24, 2.45) is 0 Å². The quantitative estimate of drug-likeness (QED) is 0.768. The van der Waals surface area contributed by atoms with Crippen LogP contribution in [0.3, 0.4) is 0 Å². The van der Waals surface area contributed by atoms with Crippen LogP contribution in [0.1, 0.15) is 18.2 Å². The number of nitrogens with zero attached hydrogens (tertiary/aromatic N) is 4. The fraction of sp³-hybridized carbons (Fsp3) is 0.375. The van der Waals surface area contributed by atoms with Crippen LogP contribution < -0.4 is 5.43 Å². The molecular weight excluding hydrogens is 182 g/mol. The monoisotopic (exact) mass is 193 g/mol. The lowest BCUT2D eigenvalue weighted by molar-refractivity contribution is 0.412. The number of hydrogen-bond donors (Lipinski definition) is 1. The highest BCUT2D eigenvalue weighted by Crippen LogP contribution is 2.06. The molecule has 0 aromatic carbocycles. The molecule has 2 aromatic heterocycles. The van der Waals surface area contributed by atoms with Gasteiger partial charge in [0.15, 0.2) is 0 Å². The maximum Gasteiger partial charge on any atom is 0.138 e. The smallest absolute Gasteiger partial charge is 0.138 e. The summed E-state index contributed by atoms with van der Waals surface area (Å²) in [4.78, 5) is 0. The molecule has 0 aliphatic heterocycles. The van der Waals surface area contributed by atoms with Gasteiger partial charge in [-0.1, -0.05) is 12.1 Å². The predicted octanol–water partition coefficient (Wildman–Crippen LogP) is 0.572. The summed E-state index contributed by atoms with van der Waals surface area (Å²) in [5.41, 5.74) is 5.13. The predicted molar refractivity (Wildman–Crippen MR) is 49.0 cm³/mol. The number of aromatic nitrogens is 4. The summed E-state index contributed by atoms with van der Waals surface area (Å²) in [6.07, 6.45) is 5.71. The minimum Gasteiger partial charge on any atom is -0.364 e. The topological polar surface area (TPSA) is 68.8 Å². The zero-order valence-electron chi connectivity index (χ0n) is 7.84. The van der Waals surface area contributed by atoms with Crippen LogP contribution in [0.2, 0.25) is 0 Å². The van der Waals surface area contributed by atoms with E-state index in [0.717, 1.165) is 17.7 Å². The van der Waals surface area contributed by atoms with Gasteiger partial charge in [-0.3, -0.25) is 0 Å². The first kappa shape index (κ1) is 8.74. The molecule has 0 bridgehead atoms. The molecule has 6 nitrogen and oxygen atoms in total. The van der Waals surface area contributed by atoms with Gasteiger partial charge in [0.25, 0.3) is 0 Å². The Hall–Kier alpha value is -1.85. The maximum atomic E-state index is 4.88. The van der Waals surface area contributed by atoms with Crippen molar-refractivity contribution >= 4 is 0 Å². The molecule has 0 radical (unpaired) electrons. The Labute approximate surface area is 80.9 Å². The highest BCUT2D eigenvalue weighted by molar-refractivity contribution is 5.15. The normalized spacial score (nSPS) is 10.4. The van der Waals surface area contributed by atoms with Gasteiger partial charge in [-0.25, -0.2) is 4.68 Å². The van der Waals surface area contributed by atoms with Crippen molar-refractivity contribution in [1.82, 2.24) is 20.0 Å². The van der Waals surface area contributed by atoms with E-state index in [4.69, 9.17) is 4.52 Å². The molecular formula is C8H11N5O. The van der Waals surface area contributed by atoms with Gasteiger partial charge in [-0.15, -0.1) is 10.2 Å². The van der Waals surface area contributed by atoms with E-state index in [1.807, 2.05) is 6.92 Å². The molecule has 0 atom stereocenters. The van der Waals surface area contributed by atoms with E-state index in [-0.39, 0.29) is 0 Å². The number of nitrogens with one attached hydrogen (secondary N) is 1. The fourth-order valence-electron chi connectivity index (χ4n) is 1.17. The molecule has 0 saturated heterocycles. The average molecular weight is 193 g/mol. The SMILES string of the molecule is CCc1nocc1CNn1cnnc1. The van der Waals surface area contributed by atoms with E-state index in [0.29, 0.717) is 6.54 Å². The van der Waals surface area contributed by atoms with E-state index in [1.165, 1.54) is 0 Å². The summed E-state index contributed by atoms with van der Waals surface area (Å²) in [7, 11) is 0. The summed E-state index contributed by atoms with van der Waals surface area (Å²) in [5, 5.41) is 11.2. The van der Waals surface area contributed by atoms with E-state index in [1.54, 1.807) is 23.6 Å². The van der Waals surface area contributed by atoms with E-state index < -0.39 is 0 Å². The van der Waals surface area contributed by atoms with Crippen LogP contribution in [-0.4, -0.2) is 20.0 Å². The van der Waals surface area contributed by atoms with Gasteiger partial charge in [-0.05, 0) is 6.42 Å². The molecule has 2 aromatic rings. The Balaban J connectivity index is 1.98. The Morgan fingerprint density at radius 3 is 2.93 bits per heavy atom. The highest BCUT2D eigenvalue weighted by Gasteiger charge is 2.04. The molecule has 0 amide bonds. The van der Waals surface area contributed by atoms with Gasteiger partial charge >= 0.3 is 0 Å². The van der Waals surface area contributed by atoms with Crippen LogP contribution in [-0.2, 0) is 13.0 Å². The molecule has 0 fully saturated rings. The first-order valence-electron chi connectivity index (χ1n) is 4.40. The van der Waals surface area contributed by atoms with Crippen molar-refractivity contribution in [2.45, 2.75) is 19.9 Å². The first-order chi connectivity index (χ1) is 6.90. The third-order valence-corrected chi connectivity index (χ3v) is 1.93. The molecule has 1 N–H and O–H groups in total. The van der Waals surface area contributed by atoms with Crippen molar-refractivity contribution in [3.8, 4) is 0 Å². The lowest BCUT2D eigenvalue weighted by Crippen LogP contribution is -2.12. The second-order valence-corrected chi connectivity index (χ2v) is 2.84. The van der Waals surface area contributed by atoms with Crippen LogP contribution in [0.5, 0.6) is 0 Å². The zero-order chi connectivity index (χ0) is 9.80. The van der Waals surface area contributed by atoms with Crippen molar-refractivity contribution in [3.63, 3.8) is 0 Å². The van der Waals surface area contributed by atoms with E-state index in [2.05, 4.69) is 20.8 Å². The highest BCUT2D eigenvalue weighted by atomic mass is 16.5. The number of hydrogen-bond acceptors (Lipinski definition) is 5. The van der Waals surface area contributed by atoms with Gasteiger partial charge in [0.2, 0.25) is 0 Å². The molecule has 6 heteroatoms. The standard InChI is InChI=1S/C8H11N5O/c1-2-8-7(4-14-12-8)3-11-13-5-9-10-6-13/h4-6,11H,2-3H2,1H3. The number of aryl methyl sites for hydroxylation is 1. The Morgan fingerprint density at radius 2 is 2.21 bits per heavy atom. The van der Waals surface area contributed by atoms with Crippen LogP contribution >= 0.6 is 0 Å². The molecule has 2 rings (SSSR count). The third kappa shape index (κ3) is 1.73. The van der Waals surface area contributed by atoms with Crippen molar-refractivity contribution in [1.29, 1.82) is 0 Å². The zero-order valence-corrected chi connectivity index (χ0v) is 7.84. The lowest BCUT2D eigenvalue weighted by Gasteiger charge is -2.03. The Bertz CT molecular complexity index is 380. The van der Waals surface area contributed by atoms with Crippen molar-refractivity contribution in [3.05, 3.63) is 30.2 Å². The Morgan fingerprint density at radius 1 is 1.43 bits per heavy atom. The second-order valence-electron chi connectivity index (χ2n) is 2.84. The van der Waals surface area contributed by atoms with E-state index >= 15 is 0 Å². The summed E-state index contributed by atoms with van der Waals surface area (Å²) in [5.74, 6) is 0. The largest absolute Gasteiger partial charge is 0.364 e. The fourth-order valence-corrected chi connectivity index (χ4v) is 1.17. The summed E-state index contributed by atoms with van der Waals surface area (Å²) in [6.45, 7) is 2.70. The van der Waals surface area contributed by atoms with Gasteiger partial charge in [0.05, 0.1) is 12.2 Å². The van der Waals surface area contributed by atoms with Crippen LogP contribution in [0, 0.1) is 0 Å². The van der Waals surface area contributed by atoms with Crippen LogP contribution in [0.25, 0.3) is 0 Å². The average Bonchev–Trinajstić information content (AvgIpc) is 2.85. The van der Waals surface area contributed by atoms with Crippen molar-refractivity contribution in [2.75, 3.05) is 5.43 Å². The molecule has 0 aliphatic rings. The van der Waals surface area contributed by atoms with Crippen molar-refractivity contribution < 1.29 is 4.52 Å². The maximum absolute atomic E-state index is 4.88. The van der Waals surface area contributed by atoms with Gasteiger partial charge in [0, 0.05) is 5.56 Å². The molecule has 0 aliphatic carbocycles. The molecule has 2 heterocycles. The minimum absolute atomic E-state index is 0.657. The lowest BCUT2D eigenvalue weighted by atomic mass is 10.2. The molecule has 0 saturated carbocycles. The van der Waals surface area contributed by atoms with Gasteiger partial charge in [0.1, 0.15) is 18.9 Å². The number of rotatable bonds is 4. The molecule has 14 heavy (non-hydrogen) atoms. The first-order valence-corrected chi connectivity index (χ1v) is 4.40. The Kier molecular flexibility index (Phi) is 2.44. The van der Waals surface area contributed by atoms with E-state index in [9.17, 15) is 0 Å². The summed E-state index contributed by atoms with van der Waals surface area (Å²) in [6, 6.07) is 0. The summed E-state index contributed by atoms with van der Waals surface area (Å²) < 4.78 is 6.56. The molecule has 0 unspecified atom stereocenters. The van der Waals surface area contributed by atoms with Gasteiger partial charge in [-0.2, -0.15) is 0 Å². The molecule has 74 valence electrons.